The smallest absolute Gasteiger partial charge is 0.279 e. The quantitative estimate of drug-likeness (QED) is 0.159. The molecule has 1 aromatic carbocycles. The summed E-state index contributed by atoms with van der Waals surface area (Å²) in [5.41, 5.74) is 7.10. The van der Waals surface area contributed by atoms with Gasteiger partial charge in [-0.1, -0.05) is 24.0 Å². The number of ether oxygens (including phenoxy) is 1. The Kier molecular flexibility index (Phi) is 11.6. The molecule has 1 aliphatic carbocycles. The maximum absolute atomic E-state index is 13.8. The lowest BCUT2D eigenvalue weighted by Crippen LogP contribution is -2.48. The molecule has 0 radical (unpaired) electrons. The number of benzene rings is 1. The van der Waals surface area contributed by atoms with Gasteiger partial charge in [-0.15, -0.1) is 0 Å². The molecule has 6 heterocycles. The number of rotatable bonds is 10. The van der Waals surface area contributed by atoms with E-state index < -0.39 is 18.0 Å². The Morgan fingerprint density at radius 3 is 2.54 bits per heavy atom. The average molecular weight is 783 g/mol. The highest BCUT2D eigenvalue weighted by Gasteiger charge is 2.40. The number of nitrogens with two attached hydrogens (primary N) is 1. The summed E-state index contributed by atoms with van der Waals surface area (Å²) in [7, 11) is 0. The molecule has 2 bridgehead atoms. The third-order valence-corrected chi connectivity index (χ3v) is 11.9. The average Bonchev–Trinajstić information content (AvgIpc) is 3.97. The van der Waals surface area contributed by atoms with Gasteiger partial charge in [0.15, 0.2) is 5.65 Å². The van der Waals surface area contributed by atoms with Gasteiger partial charge in [0.2, 0.25) is 11.8 Å². The molecule has 16 heteroatoms. The number of anilines is 1. The lowest BCUT2D eigenvalue weighted by Gasteiger charge is -2.37. The zero-order valence-corrected chi connectivity index (χ0v) is 31.8. The number of amides is 3. The number of piperazine rings is 1. The summed E-state index contributed by atoms with van der Waals surface area (Å²) in [6.07, 6.45) is 7.03. The minimum atomic E-state index is -2.97. The number of alkyl halides is 2. The molecule has 3 aromatic rings. The fourth-order valence-corrected chi connectivity index (χ4v) is 8.56. The number of hydrogen-bond donors (Lipinski definition) is 3. The van der Waals surface area contributed by atoms with Crippen molar-refractivity contribution in [2.45, 2.75) is 75.5 Å². The molecule has 57 heavy (non-hydrogen) atoms. The second-order valence-corrected chi connectivity index (χ2v) is 15.7. The molecular weight excluding hydrogens is 735 g/mol. The molecule has 3 amide bonds. The number of hydrogen-bond acceptors (Lipinski definition) is 11. The van der Waals surface area contributed by atoms with Gasteiger partial charge in [-0.2, -0.15) is 5.10 Å². The van der Waals surface area contributed by atoms with E-state index in [-0.39, 0.29) is 47.2 Å². The first-order valence-corrected chi connectivity index (χ1v) is 19.9. The second-order valence-electron chi connectivity index (χ2n) is 15.7. The Balaban J connectivity index is 0.785. The van der Waals surface area contributed by atoms with E-state index in [0.29, 0.717) is 43.4 Å². The highest BCUT2D eigenvalue weighted by Crippen LogP contribution is 2.32. The number of aliphatic imine (C=N–C) groups is 1. The van der Waals surface area contributed by atoms with Gasteiger partial charge in [-0.25, -0.2) is 18.3 Å². The molecule has 300 valence electrons. The number of carbonyl (C=O) groups is 3. The van der Waals surface area contributed by atoms with Crippen LogP contribution < -0.4 is 21.3 Å². The number of aromatic nitrogens is 3. The van der Waals surface area contributed by atoms with Gasteiger partial charge >= 0.3 is 0 Å². The van der Waals surface area contributed by atoms with E-state index >= 15 is 0 Å². The van der Waals surface area contributed by atoms with Gasteiger partial charge in [-0.3, -0.25) is 29.6 Å². The van der Waals surface area contributed by atoms with E-state index in [1.807, 2.05) is 30.3 Å². The van der Waals surface area contributed by atoms with Crippen molar-refractivity contribution < 1.29 is 27.9 Å². The normalized spacial score (nSPS) is 26.2. The van der Waals surface area contributed by atoms with Gasteiger partial charge in [0.25, 0.3) is 12.3 Å². The molecule has 4 N–H and O–H groups in total. The first-order valence-electron chi connectivity index (χ1n) is 19.9. The van der Waals surface area contributed by atoms with Crippen LogP contribution in [0.1, 0.15) is 72.3 Å². The highest BCUT2D eigenvalue weighted by molar-refractivity contribution is 6.03. The molecule has 5 fully saturated rings. The number of nitrogens with zero attached hydrogens (tertiary/aromatic N) is 7. The van der Waals surface area contributed by atoms with Crippen molar-refractivity contribution in [3.05, 3.63) is 70.8 Å². The van der Waals surface area contributed by atoms with Crippen LogP contribution in [0, 0.1) is 17.8 Å². The van der Waals surface area contributed by atoms with E-state index in [4.69, 9.17) is 15.5 Å². The molecule has 14 nitrogen and oxygen atoms in total. The van der Waals surface area contributed by atoms with Crippen molar-refractivity contribution in [2.24, 2.45) is 16.6 Å². The molecule has 8 rings (SSSR count). The van der Waals surface area contributed by atoms with E-state index in [1.165, 1.54) is 16.9 Å². The van der Waals surface area contributed by atoms with Crippen molar-refractivity contribution in [1.82, 2.24) is 35.0 Å². The first kappa shape index (κ1) is 38.6. The Morgan fingerprint density at radius 2 is 1.84 bits per heavy atom. The molecule has 1 saturated carbocycles. The van der Waals surface area contributed by atoms with E-state index in [2.05, 4.69) is 47.3 Å². The predicted octanol–water partition coefficient (Wildman–Crippen LogP) is 2.69. The van der Waals surface area contributed by atoms with Gasteiger partial charge in [0.1, 0.15) is 17.1 Å². The maximum Gasteiger partial charge on any atom is 0.279 e. The van der Waals surface area contributed by atoms with Crippen LogP contribution in [0.5, 0.6) is 0 Å². The minimum Gasteiger partial charge on any atom is -0.396 e. The number of allylic oxidation sites excluding steroid dienone is 2. The van der Waals surface area contributed by atoms with Crippen LogP contribution in [0.25, 0.3) is 5.65 Å². The van der Waals surface area contributed by atoms with Crippen molar-refractivity contribution in [1.29, 1.82) is 0 Å². The zero-order valence-electron chi connectivity index (χ0n) is 31.8. The highest BCUT2D eigenvalue weighted by atomic mass is 19.3. The third kappa shape index (κ3) is 9.01. The lowest BCUT2D eigenvalue weighted by atomic mass is 9.86. The van der Waals surface area contributed by atoms with Crippen LogP contribution in [-0.2, 0) is 14.3 Å². The maximum atomic E-state index is 13.8. The van der Waals surface area contributed by atoms with Gasteiger partial charge in [0.05, 0.1) is 49.2 Å². The van der Waals surface area contributed by atoms with Crippen molar-refractivity contribution in [3.8, 4) is 11.8 Å². The van der Waals surface area contributed by atoms with Crippen LogP contribution in [0.4, 0.5) is 14.6 Å². The number of imide groups is 1. The summed E-state index contributed by atoms with van der Waals surface area (Å²) in [5.74, 6) is 6.39. The Labute approximate surface area is 329 Å². The Bertz CT molecular complexity index is 2090. The number of carbonyl (C=O) groups excluding carboxylic acids is 3. The van der Waals surface area contributed by atoms with E-state index in [1.54, 1.807) is 6.20 Å². The molecule has 4 saturated heterocycles. The Morgan fingerprint density at radius 1 is 1.07 bits per heavy atom. The number of nitrogens with one attached hydrogen (secondary N) is 2. The topological polar surface area (TPSA) is 163 Å². The van der Waals surface area contributed by atoms with Crippen molar-refractivity contribution >= 4 is 35.4 Å². The lowest BCUT2D eigenvalue weighted by molar-refractivity contribution is -0.134. The molecule has 1 unspecified atom stereocenters. The number of halogens is 2. The van der Waals surface area contributed by atoms with Crippen molar-refractivity contribution in [2.75, 3.05) is 57.3 Å². The minimum absolute atomic E-state index is 0.0522. The standard InChI is InChI=1S/C41H48F2N10O4/c42-38(43)37(44)34(47-41(56)33-21-46-53-15-13-35(48-39(33)53)52-24-31-20-30(52)25-57-31)22-45-29-9-5-27(6-10-29)23-51-18-16-50(17-19-51)14-1-2-26-3-7-28(8-4-26)32-11-12-36(54)49-40(32)55/h3-4,7-8,13,15,21-22,27,29-32,38H,5-6,9-12,14,16-20,23-25,44H2,(H,47,56)(H,49,54,55)/b37-34+,45-22?/t27?,29?,30-,31-,32?/m0/s1. The van der Waals surface area contributed by atoms with Gasteiger partial charge < -0.3 is 25.6 Å². The summed E-state index contributed by atoms with van der Waals surface area (Å²) in [5, 5.41) is 9.23. The van der Waals surface area contributed by atoms with Crippen molar-refractivity contribution in [3.63, 3.8) is 0 Å². The fourth-order valence-electron chi connectivity index (χ4n) is 8.56. The molecule has 0 spiro atoms. The van der Waals surface area contributed by atoms with Crippen LogP contribution in [0.3, 0.4) is 0 Å². The van der Waals surface area contributed by atoms with E-state index in [0.717, 1.165) is 82.5 Å². The second kappa shape index (κ2) is 17.1. The largest absolute Gasteiger partial charge is 0.396 e. The SMILES string of the molecule is N/C(=C(\C=NC1CCC(CN2CCN(CC#Cc3ccc(C4CCC(=O)NC4=O)cc3)CC2)CC1)NC(=O)c1cnn2ccc(N3C[C@@H]4C[C@H]3CO4)nc12)C(F)F. The Hall–Kier alpha value is -5.24. The van der Waals surface area contributed by atoms with Crippen LogP contribution >= 0.6 is 0 Å². The van der Waals surface area contributed by atoms with Crippen LogP contribution in [0.2, 0.25) is 0 Å². The molecule has 2 aromatic heterocycles. The molecule has 5 aliphatic rings. The zero-order chi connectivity index (χ0) is 39.5. The summed E-state index contributed by atoms with van der Waals surface area (Å²) in [6, 6.07) is 9.74. The van der Waals surface area contributed by atoms with E-state index in [9.17, 15) is 23.2 Å². The molecular formula is C41H48F2N10O4. The van der Waals surface area contributed by atoms with Crippen LogP contribution in [0.15, 0.2) is 59.1 Å². The summed E-state index contributed by atoms with van der Waals surface area (Å²) in [4.78, 5) is 53.4. The molecule has 3 atom stereocenters. The summed E-state index contributed by atoms with van der Waals surface area (Å²) >= 11 is 0. The predicted molar refractivity (Wildman–Crippen MR) is 209 cm³/mol. The number of piperidine rings is 1. The van der Waals surface area contributed by atoms with Gasteiger partial charge in [0, 0.05) is 63.7 Å². The fraction of sp³-hybridized carbons (Fsp3) is 0.512. The van der Waals surface area contributed by atoms with Gasteiger partial charge in [-0.05, 0) is 68.2 Å². The molecule has 4 aliphatic heterocycles. The summed E-state index contributed by atoms with van der Waals surface area (Å²) in [6.45, 7) is 6.88. The third-order valence-electron chi connectivity index (χ3n) is 11.9. The van der Waals surface area contributed by atoms with Crippen LogP contribution in [-0.4, -0.2) is 125 Å². The summed E-state index contributed by atoms with van der Waals surface area (Å²) < 4.78 is 34.9. The number of fused-ring (bicyclic) bond motifs is 3. The monoisotopic (exact) mass is 782 g/mol. The number of morpholine rings is 1. The first-order chi connectivity index (χ1) is 27.7.